The van der Waals surface area contributed by atoms with Crippen molar-refractivity contribution in [2.24, 2.45) is 0 Å². The Balaban J connectivity index is 1.76. The number of anilines is 1. The first-order chi connectivity index (χ1) is 14.0. The average molecular weight is 412 g/mol. The van der Waals surface area contributed by atoms with Gasteiger partial charge < -0.3 is 14.8 Å². The number of carbonyl (C=O) groups is 1. The van der Waals surface area contributed by atoms with E-state index in [1.54, 1.807) is 24.1 Å². The lowest BCUT2D eigenvalue weighted by atomic mass is 9.99. The number of rotatable bonds is 6. The van der Waals surface area contributed by atoms with Crippen LogP contribution in [0.1, 0.15) is 22.8 Å². The first-order valence-electron chi connectivity index (χ1n) is 9.11. The molecule has 0 aliphatic carbocycles. The largest absolute Gasteiger partial charge is 0.454 e. The fourth-order valence-corrected chi connectivity index (χ4v) is 3.58. The van der Waals surface area contributed by atoms with Gasteiger partial charge in [-0.15, -0.1) is 0 Å². The van der Waals surface area contributed by atoms with Crippen LogP contribution < -0.4 is 14.8 Å². The van der Waals surface area contributed by atoms with Crippen LogP contribution >= 0.6 is 11.9 Å². The summed E-state index contributed by atoms with van der Waals surface area (Å²) in [6.07, 6.45) is 0. The molecule has 0 aromatic heterocycles. The highest BCUT2D eigenvalue weighted by Crippen LogP contribution is 2.38. The standard InChI is InChI=1S/C22H18F2N2O2S/c1-2-29-26-16-5-8-20(28-21-7-4-15(23)10-19(21)24)18(11-16)13-3-6-17-14(9-13)12-25-22(17)27/h3-11,26H,2,12H2,1H3,(H,25,27). The number of nitrogens with one attached hydrogen (secondary N) is 2. The fourth-order valence-electron chi connectivity index (χ4n) is 3.14. The molecule has 0 spiro atoms. The van der Waals surface area contributed by atoms with E-state index in [2.05, 4.69) is 10.0 Å². The SMILES string of the molecule is CCSNc1ccc(Oc2ccc(F)cc2F)c(-c2ccc3c(c2)CNC3=O)c1. The molecule has 0 fully saturated rings. The van der Waals surface area contributed by atoms with Crippen LogP contribution in [0, 0.1) is 11.6 Å². The molecule has 1 amide bonds. The van der Waals surface area contributed by atoms with Crippen LogP contribution in [-0.2, 0) is 6.54 Å². The second-order valence-electron chi connectivity index (χ2n) is 6.48. The van der Waals surface area contributed by atoms with Crippen LogP contribution in [0.15, 0.2) is 54.6 Å². The van der Waals surface area contributed by atoms with Crippen molar-refractivity contribution < 1.29 is 18.3 Å². The van der Waals surface area contributed by atoms with Gasteiger partial charge in [0.25, 0.3) is 5.91 Å². The van der Waals surface area contributed by atoms with E-state index < -0.39 is 11.6 Å². The molecule has 7 heteroatoms. The third kappa shape index (κ3) is 4.05. The van der Waals surface area contributed by atoms with Crippen molar-refractivity contribution in [2.75, 3.05) is 10.5 Å². The highest BCUT2D eigenvalue weighted by Gasteiger charge is 2.20. The van der Waals surface area contributed by atoms with Crippen LogP contribution in [0.2, 0.25) is 0 Å². The third-order valence-electron chi connectivity index (χ3n) is 4.53. The maximum Gasteiger partial charge on any atom is 0.251 e. The predicted octanol–water partition coefficient (Wildman–Crippen LogP) is 5.75. The van der Waals surface area contributed by atoms with Crippen LogP contribution in [0.25, 0.3) is 11.1 Å². The summed E-state index contributed by atoms with van der Waals surface area (Å²) >= 11 is 1.55. The topological polar surface area (TPSA) is 50.4 Å². The van der Waals surface area contributed by atoms with Crippen molar-refractivity contribution in [2.45, 2.75) is 13.5 Å². The highest BCUT2D eigenvalue weighted by atomic mass is 32.2. The number of hydrogen-bond acceptors (Lipinski definition) is 4. The molecule has 1 heterocycles. The lowest BCUT2D eigenvalue weighted by molar-refractivity contribution is 0.0965. The van der Waals surface area contributed by atoms with E-state index in [-0.39, 0.29) is 11.7 Å². The molecule has 2 N–H and O–H groups in total. The molecule has 4 rings (SSSR count). The number of fused-ring (bicyclic) bond motifs is 1. The molecule has 0 unspecified atom stereocenters. The van der Waals surface area contributed by atoms with Crippen LogP contribution in [0.5, 0.6) is 11.5 Å². The van der Waals surface area contributed by atoms with E-state index in [1.165, 1.54) is 6.07 Å². The normalized spacial score (nSPS) is 12.4. The molecule has 0 atom stereocenters. The number of halogens is 2. The highest BCUT2D eigenvalue weighted by molar-refractivity contribution is 8.00. The van der Waals surface area contributed by atoms with Crippen molar-refractivity contribution in [3.63, 3.8) is 0 Å². The Morgan fingerprint density at radius 1 is 1.03 bits per heavy atom. The molecular formula is C22H18F2N2O2S. The van der Waals surface area contributed by atoms with Gasteiger partial charge in [0.2, 0.25) is 0 Å². The minimum Gasteiger partial charge on any atom is -0.454 e. The lowest BCUT2D eigenvalue weighted by Gasteiger charge is -2.15. The first-order valence-corrected chi connectivity index (χ1v) is 10.1. The van der Waals surface area contributed by atoms with E-state index >= 15 is 0 Å². The maximum absolute atomic E-state index is 14.1. The van der Waals surface area contributed by atoms with Crippen molar-refractivity contribution >= 4 is 23.5 Å². The Morgan fingerprint density at radius 2 is 1.86 bits per heavy atom. The average Bonchev–Trinajstić information content (AvgIpc) is 3.09. The summed E-state index contributed by atoms with van der Waals surface area (Å²) in [6, 6.07) is 14.2. The lowest BCUT2D eigenvalue weighted by Crippen LogP contribution is -2.12. The zero-order valence-electron chi connectivity index (χ0n) is 15.6. The minimum absolute atomic E-state index is 0.0608. The van der Waals surface area contributed by atoms with Crippen molar-refractivity contribution in [3.8, 4) is 22.6 Å². The third-order valence-corrected chi connectivity index (χ3v) is 5.20. The molecule has 3 aromatic carbocycles. The zero-order valence-corrected chi connectivity index (χ0v) is 16.4. The predicted molar refractivity (Wildman–Crippen MR) is 111 cm³/mol. The first kappa shape index (κ1) is 19.3. The van der Waals surface area contributed by atoms with E-state index in [0.717, 1.165) is 40.3 Å². The number of ether oxygens (including phenoxy) is 1. The molecule has 4 nitrogen and oxygen atoms in total. The summed E-state index contributed by atoms with van der Waals surface area (Å²) in [6.45, 7) is 2.51. The van der Waals surface area contributed by atoms with E-state index in [1.807, 2.05) is 31.2 Å². The smallest absolute Gasteiger partial charge is 0.251 e. The zero-order chi connectivity index (χ0) is 20.4. The number of amides is 1. The summed E-state index contributed by atoms with van der Waals surface area (Å²) < 4.78 is 36.4. The van der Waals surface area contributed by atoms with Gasteiger partial charge in [0.15, 0.2) is 11.6 Å². The molecular weight excluding hydrogens is 394 g/mol. The van der Waals surface area contributed by atoms with Crippen LogP contribution in [0.3, 0.4) is 0 Å². The van der Waals surface area contributed by atoms with Gasteiger partial charge in [-0.25, -0.2) is 8.78 Å². The van der Waals surface area contributed by atoms with E-state index in [9.17, 15) is 13.6 Å². The fraction of sp³-hybridized carbons (Fsp3) is 0.136. The summed E-state index contributed by atoms with van der Waals surface area (Å²) in [5.41, 5.74) is 3.98. The second-order valence-corrected chi connectivity index (χ2v) is 7.55. The van der Waals surface area contributed by atoms with E-state index in [4.69, 9.17) is 4.74 Å². The van der Waals surface area contributed by atoms with Gasteiger partial charge >= 0.3 is 0 Å². The Bertz CT molecular complexity index is 1090. The molecule has 29 heavy (non-hydrogen) atoms. The van der Waals surface area contributed by atoms with E-state index in [0.29, 0.717) is 17.9 Å². The van der Waals surface area contributed by atoms with Gasteiger partial charge in [0.05, 0.1) is 0 Å². The molecule has 148 valence electrons. The van der Waals surface area contributed by atoms with Gasteiger partial charge in [-0.3, -0.25) is 4.79 Å². The Labute approximate surface area is 171 Å². The number of benzene rings is 3. The van der Waals surface area contributed by atoms with Crippen molar-refractivity contribution in [1.29, 1.82) is 0 Å². The summed E-state index contributed by atoms with van der Waals surface area (Å²) in [4.78, 5) is 11.8. The Hall–Kier alpha value is -3.06. The summed E-state index contributed by atoms with van der Waals surface area (Å²) in [7, 11) is 0. The van der Waals surface area contributed by atoms with Gasteiger partial charge in [-0.05, 0) is 53.6 Å². The van der Waals surface area contributed by atoms with Gasteiger partial charge in [-0.1, -0.05) is 24.9 Å². The molecule has 0 saturated carbocycles. The molecule has 0 bridgehead atoms. The quantitative estimate of drug-likeness (QED) is 0.507. The van der Waals surface area contributed by atoms with Gasteiger partial charge in [-0.2, -0.15) is 0 Å². The van der Waals surface area contributed by atoms with Crippen molar-refractivity contribution in [3.05, 3.63) is 77.4 Å². The molecule has 1 aliphatic heterocycles. The summed E-state index contributed by atoms with van der Waals surface area (Å²) in [5.74, 6) is -0.272. The van der Waals surface area contributed by atoms with Crippen LogP contribution in [0.4, 0.5) is 14.5 Å². The van der Waals surface area contributed by atoms with Gasteiger partial charge in [0.1, 0.15) is 11.6 Å². The maximum atomic E-state index is 14.1. The van der Waals surface area contributed by atoms with Gasteiger partial charge in [0, 0.05) is 35.2 Å². The van der Waals surface area contributed by atoms with Crippen molar-refractivity contribution in [1.82, 2.24) is 5.32 Å². The molecule has 0 saturated heterocycles. The second kappa shape index (κ2) is 8.13. The molecule has 0 radical (unpaired) electrons. The number of carbonyl (C=O) groups excluding carboxylic acids is 1. The summed E-state index contributed by atoms with van der Waals surface area (Å²) in [5, 5.41) is 2.80. The minimum atomic E-state index is -0.775. The Morgan fingerprint density at radius 3 is 2.66 bits per heavy atom. The number of hydrogen-bond donors (Lipinski definition) is 2. The molecule has 3 aromatic rings. The Kier molecular flexibility index (Phi) is 5.40. The van der Waals surface area contributed by atoms with Crippen LogP contribution in [-0.4, -0.2) is 11.7 Å². The molecule has 1 aliphatic rings. The monoisotopic (exact) mass is 412 g/mol.